The molecule has 0 unspecified atom stereocenters. The number of hydrogen-bond donors (Lipinski definition) is 0. The van der Waals surface area contributed by atoms with Gasteiger partial charge in [-0.2, -0.15) is 8.42 Å². The summed E-state index contributed by atoms with van der Waals surface area (Å²) in [5, 5.41) is -0.359. The molecule has 186 valence electrons. The van der Waals surface area contributed by atoms with Crippen LogP contribution >= 0.6 is 50.3 Å². The van der Waals surface area contributed by atoms with Crippen LogP contribution in [0.2, 0.25) is 0 Å². The first kappa shape index (κ1) is 26.7. The maximum absolute atomic E-state index is 13.0. The Bertz CT molecular complexity index is 1440. The van der Waals surface area contributed by atoms with Crippen molar-refractivity contribution in [2.45, 2.75) is 18.4 Å². The topological polar surface area (TPSA) is 90.0 Å². The Balaban J connectivity index is 1.61. The van der Waals surface area contributed by atoms with Gasteiger partial charge in [-0.1, -0.05) is 46.3 Å². The highest BCUT2D eigenvalue weighted by Crippen LogP contribution is 2.39. The van der Waals surface area contributed by atoms with E-state index >= 15 is 0 Å². The van der Waals surface area contributed by atoms with E-state index in [4.69, 9.17) is 8.92 Å². The van der Waals surface area contributed by atoms with E-state index in [9.17, 15) is 18.0 Å². The predicted molar refractivity (Wildman–Crippen MR) is 150 cm³/mol. The van der Waals surface area contributed by atoms with Crippen LogP contribution in [-0.2, 0) is 21.5 Å². The first-order valence-corrected chi connectivity index (χ1v) is 14.7. The fourth-order valence-electron chi connectivity index (χ4n) is 3.32. The molecule has 1 aliphatic rings. The molecule has 0 bridgehead atoms. The van der Waals surface area contributed by atoms with Crippen molar-refractivity contribution in [3.63, 3.8) is 0 Å². The van der Waals surface area contributed by atoms with Gasteiger partial charge in [0.25, 0.3) is 11.1 Å². The molecule has 36 heavy (non-hydrogen) atoms. The molecule has 0 aromatic heterocycles. The Labute approximate surface area is 235 Å². The highest BCUT2D eigenvalue weighted by Gasteiger charge is 2.35. The fraction of sp³-hybridized carbons (Fsp3) is 0.120. The van der Waals surface area contributed by atoms with Crippen molar-refractivity contribution in [1.82, 2.24) is 4.90 Å². The van der Waals surface area contributed by atoms with E-state index in [1.807, 2.05) is 46.9 Å². The first-order chi connectivity index (χ1) is 17.2. The summed E-state index contributed by atoms with van der Waals surface area (Å²) in [5.74, 6) is -0.126. The average molecular weight is 700 g/mol. The van der Waals surface area contributed by atoms with Crippen molar-refractivity contribution >= 4 is 77.6 Å². The number of imide groups is 1. The van der Waals surface area contributed by atoms with E-state index in [0.29, 0.717) is 9.13 Å². The van der Waals surface area contributed by atoms with Crippen molar-refractivity contribution < 1.29 is 26.9 Å². The molecule has 1 heterocycles. The Morgan fingerprint density at radius 2 is 1.75 bits per heavy atom. The van der Waals surface area contributed by atoms with Crippen molar-refractivity contribution in [3.05, 3.63) is 90.8 Å². The summed E-state index contributed by atoms with van der Waals surface area (Å²) in [6.45, 7) is 2.20. The minimum atomic E-state index is -4.08. The third-order valence-corrected chi connectivity index (χ3v) is 8.45. The summed E-state index contributed by atoms with van der Waals surface area (Å²) >= 11 is 6.18. The van der Waals surface area contributed by atoms with Gasteiger partial charge in [-0.3, -0.25) is 14.5 Å². The molecule has 0 N–H and O–H groups in total. The Hall–Kier alpha value is -2.35. The molecule has 1 saturated heterocycles. The number of nitrogens with zero attached hydrogens (tertiary/aromatic N) is 1. The van der Waals surface area contributed by atoms with Crippen molar-refractivity contribution in [1.29, 1.82) is 0 Å². The molecule has 3 aromatic rings. The summed E-state index contributed by atoms with van der Waals surface area (Å²) in [7, 11) is -4.08. The third kappa shape index (κ3) is 6.13. The van der Waals surface area contributed by atoms with Gasteiger partial charge in [-0.15, -0.1) is 0 Å². The molecule has 0 aliphatic carbocycles. The fourth-order valence-corrected chi connectivity index (χ4v) is 6.29. The van der Waals surface area contributed by atoms with Gasteiger partial charge in [0.15, 0.2) is 11.5 Å². The van der Waals surface area contributed by atoms with Gasteiger partial charge in [-0.05, 0) is 94.9 Å². The summed E-state index contributed by atoms with van der Waals surface area (Å²) in [4.78, 5) is 27.0. The molecule has 11 heteroatoms. The first-order valence-electron chi connectivity index (χ1n) is 10.6. The number of amides is 2. The third-order valence-electron chi connectivity index (χ3n) is 4.98. The summed E-state index contributed by atoms with van der Waals surface area (Å²) in [6.07, 6.45) is 1.59. The van der Waals surface area contributed by atoms with E-state index in [-0.39, 0.29) is 39.7 Å². The molecule has 0 saturated carbocycles. The van der Waals surface area contributed by atoms with Crippen LogP contribution in [0.1, 0.15) is 18.1 Å². The van der Waals surface area contributed by atoms with Gasteiger partial charge in [0.05, 0.1) is 21.6 Å². The lowest BCUT2D eigenvalue weighted by Gasteiger charge is -2.15. The second-order valence-corrected chi connectivity index (χ2v) is 12.1. The lowest BCUT2D eigenvalue weighted by molar-refractivity contribution is -0.123. The smallest absolute Gasteiger partial charge is 0.339 e. The summed E-state index contributed by atoms with van der Waals surface area (Å²) in [5.41, 5.74) is 1.40. The van der Waals surface area contributed by atoms with Gasteiger partial charge in [0, 0.05) is 4.47 Å². The van der Waals surface area contributed by atoms with Crippen LogP contribution in [-0.4, -0.2) is 31.1 Å². The van der Waals surface area contributed by atoms with E-state index in [1.165, 1.54) is 17.0 Å². The number of hydrogen-bond acceptors (Lipinski definition) is 7. The number of halogens is 2. The van der Waals surface area contributed by atoms with Crippen LogP contribution in [0.15, 0.2) is 81.0 Å². The molecule has 0 spiro atoms. The minimum Gasteiger partial charge on any atom is -0.490 e. The van der Waals surface area contributed by atoms with Crippen molar-refractivity contribution in [3.8, 4) is 11.5 Å². The van der Waals surface area contributed by atoms with Gasteiger partial charge >= 0.3 is 10.1 Å². The molecule has 0 atom stereocenters. The second kappa shape index (κ2) is 11.4. The SMILES string of the molecule is CCOc1cc(/C=C2\SC(=O)N(Cc3ccc(Br)cc3)C2=O)cc(I)c1OS(=O)(=O)c1ccccc1. The van der Waals surface area contributed by atoms with E-state index in [0.717, 1.165) is 21.8 Å². The molecular formula is C25H19BrINO6S2. The quantitative estimate of drug-likeness (QED) is 0.152. The Morgan fingerprint density at radius 1 is 1.06 bits per heavy atom. The maximum Gasteiger partial charge on any atom is 0.339 e. The van der Waals surface area contributed by atoms with Gasteiger partial charge < -0.3 is 8.92 Å². The second-order valence-electron chi connectivity index (χ2n) is 7.51. The van der Waals surface area contributed by atoms with Crippen LogP contribution in [0.3, 0.4) is 0 Å². The zero-order valence-corrected chi connectivity index (χ0v) is 24.2. The van der Waals surface area contributed by atoms with Crippen LogP contribution < -0.4 is 8.92 Å². The number of rotatable bonds is 8. The van der Waals surface area contributed by atoms with Crippen LogP contribution in [0.25, 0.3) is 6.08 Å². The molecular weight excluding hydrogens is 681 g/mol. The minimum absolute atomic E-state index is 0.0202. The van der Waals surface area contributed by atoms with E-state index < -0.39 is 16.0 Å². The molecule has 0 radical (unpaired) electrons. The number of carbonyl (C=O) groups is 2. The highest BCUT2D eigenvalue weighted by atomic mass is 127. The van der Waals surface area contributed by atoms with Crippen molar-refractivity contribution in [2.75, 3.05) is 6.61 Å². The molecule has 3 aromatic carbocycles. The lowest BCUT2D eigenvalue weighted by Crippen LogP contribution is -2.27. The average Bonchev–Trinajstić information content (AvgIpc) is 3.10. The van der Waals surface area contributed by atoms with Gasteiger partial charge in [0.1, 0.15) is 4.90 Å². The molecule has 2 amide bonds. The Morgan fingerprint density at radius 3 is 2.42 bits per heavy atom. The summed E-state index contributed by atoms with van der Waals surface area (Å²) in [6, 6.07) is 18.5. The summed E-state index contributed by atoms with van der Waals surface area (Å²) < 4.78 is 38.0. The van der Waals surface area contributed by atoms with Crippen LogP contribution in [0.5, 0.6) is 11.5 Å². The van der Waals surface area contributed by atoms with Crippen LogP contribution in [0, 0.1) is 3.57 Å². The lowest BCUT2D eigenvalue weighted by atomic mass is 10.1. The van der Waals surface area contributed by atoms with E-state index in [1.54, 1.807) is 43.3 Å². The maximum atomic E-state index is 13.0. The largest absolute Gasteiger partial charge is 0.490 e. The van der Waals surface area contributed by atoms with Gasteiger partial charge in [-0.25, -0.2) is 0 Å². The number of carbonyl (C=O) groups excluding carboxylic acids is 2. The monoisotopic (exact) mass is 699 g/mol. The molecule has 1 aliphatic heterocycles. The predicted octanol–water partition coefficient (Wildman–Crippen LogP) is 6.46. The zero-order valence-electron chi connectivity index (χ0n) is 18.8. The molecule has 4 rings (SSSR count). The number of thioether (sulfide) groups is 1. The number of ether oxygens (including phenoxy) is 1. The zero-order chi connectivity index (χ0) is 25.9. The highest BCUT2D eigenvalue weighted by molar-refractivity contribution is 14.1. The van der Waals surface area contributed by atoms with Crippen LogP contribution in [0.4, 0.5) is 4.79 Å². The normalized spacial score (nSPS) is 15.0. The standard InChI is InChI=1S/C25H19BrINO6S2/c1-2-33-21-13-17(12-20(27)23(21)34-36(31,32)19-6-4-3-5-7-19)14-22-24(29)28(25(30)35-22)15-16-8-10-18(26)11-9-16/h3-14H,2,15H2,1H3/b22-14-. The van der Waals surface area contributed by atoms with E-state index in [2.05, 4.69) is 15.9 Å². The molecule has 1 fully saturated rings. The number of benzene rings is 3. The van der Waals surface area contributed by atoms with Gasteiger partial charge in [0.2, 0.25) is 0 Å². The van der Waals surface area contributed by atoms with Crippen molar-refractivity contribution in [2.24, 2.45) is 0 Å². The molecule has 7 nitrogen and oxygen atoms in total. The Kier molecular flexibility index (Phi) is 8.43.